The van der Waals surface area contributed by atoms with Gasteiger partial charge in [0.05, 0.1) is 34.0 Å². The maximum Gasteiger partial charge on any atom is 0.0979 e. The molecule has 9 aromatic carbocycles. The van der Waals surface area contributed by atoms with Crippen molar-refractivity contribution in [3.05, 3.63) is 199 Å². The molecule has 0 radical (unpaired) electrons. The number of hydrogen-bond acceptors (Lipinski definition) is 2. The Bertz CT molecular complexity index is 3430. The van der Waals surface area contributed by atoms with Gasteiger partial charge in [0.2, 0.25) is 0 Å². The molecule has 0 saturated carbocycles. The molecule has 272 valence electrons. The van der Waals surface area contributed by atoms with Crippen LogP contribution in [0.3, 0.4) is 0 Å². The molecule has 0 unspecified atom stereocenters. The van der Waals surface area contributed by atoms with E-state index in [9.17, 15) is 0 Å². The third-order valence-corrected chi connectivity index (χ3v) is 12.6. The number of rotatable bonds is 4. The maximum atomic E-state index is 5.31. The summed E-state index contributed by atoms with van der Waals surface area (Å²) in [7, 11) is 0. The van der Waals surface area contributed by atoms with Gasteiger partial charge in [-0.15, -0.1) is 0 Å². The Morgan fingerprint density at radius 2 is 0.897 bits per heavy atom. The first-order valence-electron chi connectivity index (χ1n) is 20.1. The summed E-state index contributed by atoms with van der Waals surface area (Å²) in [5, 5.41) is 7.22. The molecule has 0 bridgehead atoms. The molecule has 11 aromatic rings. The minimum atomic E-state index is -0.184. The van der Waals surface area contributed by atoms with Gasteiger partial charge in [-0.05, 0) is 91.7 Å². The molecule has 0 saturated heterocycles. The van der Waals surface area contributed by atoms with Crippen molar-refractivity contribution in [2.75, 3.05) is 0 Å². The summed E-state index contributed by atoms with van der Waals surface area (Å²) in [6, 6.07) is 66.2. The van der Waals surface area contributed by atoms with Gasteiger partial charge in [-0.3, -0.25) is 4.98 Å². The van der Waals surface area contributed by atoms with Crippen molar-refractivity contribution >= 4 is 54.4 Å². The summed E-state index contributed by atoms with van der Waals surface area (Å²) < 4.78 is 2.38. The highest BCUT2D eigenvalue weighted by Crippen LogP contribution is 2.51. The monoisotopic (exact) mass is 739 g/mol. The lowest BCUT2D eigenvalue weighted by atomic mass is 9.81. The predicted molar refractivity (Wildman–Crippen MR) is 243 cm³/mol. The van der Waals surface area contributed by atoms with Crippen LogP contribution in [0.25, 0.3) is 105 Å². The van der Waals surface area contributed by atoms with Crippen LogP contribution in [0.1, 0.15) is 25.0 Å². The summed E-state index contributed by atoms with van der Waals surface area (Å²) in [6.07, 6.45) is 1.95. The van der Waals surface area contributed by atoms with E-state index in [-0.39, 0.29) is 5.41 Å². The summed E-state index contributed by atoms with van der Waals surface area (Å²) in [6.45, 7) is 4.70. The van der Waals surface area contributed by atoms with E-state index in [0.29, 0.717) is 0 Å². The van der Waals surface area contributed by atoms with Crippen molar-refractivity contribution in [1.29, 1.82) is 0 Å². The molecule has 2 heterocycles. The van der Waals surface area contributed by atoms with E-state index in [0.717, 1.165) is 33.1 Å². The number of aromatic nitrogens is 3. The molecule has 2 aromatic heterocycles. The highest BCUT2D eigenvalue weighted by molar-refractivity contribution is 6.23. The largest absolute Gasteiger partial charge is 0.309 e. The van der Waals surface area contributed by atoms with Gasteiger partial charge in [-0.2, -0.15) is 0 Å². The Morgan fingerprint density at radius 3 is 1.59 bits per heavy atom. The number of fused-ring (bicyclic) bond motifs is 12. The normalized spacial score (nSPS) is 13.1. The van der Waals surface area contributed by atoms with Crippen LogP contribution in [0.2, 0.25) is 0 Å². The molecule has 3 nitrogen and oxygen atoms in total. The number of hydrogen-bond donors (Lipinski definition) is 0. The fourth-order valence-corrected chi connectivity index (χ4v) is 9.70. The zero-order chi connectivity index (χ0) is 38.5. The molecule has 0 aliphatic heterocycles. The highest BCUT2D eigenvalue weighted by atomic mass is 15.0. The first-order valence-corrected chi connectivity index (χ1v) is 20.1. The number of nitrogens with zero attached hydrogens (tertiary/aromatic N) is 3. The van der Waals surface area contributed by atoms with Crippen molar-refractivity contribution < 1.29 is 0 Å². The van der Waals surface area contributed by atoms with Gasteiger partial charge in [0, 0.05) is 38.2 Å². The Balaban J connectivity index is 0.887. The molecule has 3 heteroatoms. The van der Waals surface area contributed by atoms with Gasteiger partial charge in [0.1, 0.15) is 0 Å². The van der Waals surface area contributed by atoms with E-state index in [1.54, 1.807) is 0 Å². The summed E-state index contributed by atoms with van der Waals surface area (Å²) in [5.74, 6) is 0. The molecular weight excluding hydrogens is 703 g/mol. The zero-order valence-corrected chi connectivity index (χ0v) is 32.2. The van der Waals surface area contributed by atoms with Gasteiger partial charge in [-0.1, -0.05) is 159 Å². The lowest BCUT2D eigenvalue weighted by Gasteiger charge is -2.22. The molecule has 12 rings (SSSR count). The Hall–Kier alpha value is -7.36. The number of benzene rings is 9. The summed E-state index contributed by atoms with van der Waals surface area (Å²) >= 11 is 0. The van der Waals surface area contributed by atoms with Gasteiger partial charge in [-0.25, -0.2) is 4.98 Å². The van der Waals surface area contributed by atoms with Gasteiger partial charge >= 0.3 is 0 Å². The van der Waals surface area contributed by atoms with Crippen molar-refractivity contribution in [2.24, 2.45) is 0 Å². The van der Waals surface area contributed by atoms with E-state index in [1.807, 2.05) is 6.20 Å². The minimum Gasteiger partial charge on any atom is -0.309 e. The third-order valence-electron chi connectivity index (χ3n) is 12.6. The van der Waals surface area contributed by atoms with Crippen LogP contribution in [0.4, 0.5) is 0 Å². The Morgan fingerprint density at radius 1 is 0.397 bits per heavy atom. The molecule has 0 amide bonds. The van der Waals surface area contributed by atoms with Crippen LogP contribution in [0, 0.1) is 0 Å². The molecule has 1 aliphatic carbocycles. The van der Waals surface area contributed by atoms with Crippen molar-refractivity contribution in [1.82, 2.24) is 14.5 Å². The number of para-hydroxylation sites is 2. The van der Waals surface area contributed by atoms with Crippen molar-refractivity contribution in [3.8, 4) is 50.3 Å². The van der Waals surface area contributed by atoms with E-state index in [4.69, 9.17) is 9.97 Å². The second-order valence-electron chi connectivity index (χ2n) is 16.2. The standard InChI is InChI=1S/C55H37N3/c1-55(2)48-30-36(34-20-22-35(23-21-34)37-25-29-45-44-16-10-11-19-51(44)58(52(45)32-37)39-12-4-3-5-13-39)24-27-42(48)43-28-26-38(31-49(43)55)50-33-56-53-46-17-8-6-14-40(46)41-15-7-9-18-47(41)54(53)57-50/h3-33H,1-2H3. The zero-order valence-electron chi connectivity index (χ0n) is 32.2. The molecule has 0 N–H and O–H groups in total. The fraction of sp³-hybridized carbons (Fsp3) is 0.0545. The molecule has 1 aliphatic rings. The minimum absolute atomic E-state index is 0.184. The molecule has 0 atom stereocenters. The average Bonchev–Trinajstić information content (AvgIpc) is 3.73. The van der Waals surface area contributed by atoms with Crippen LogP contribution in [-0.2, 0) is 5.41 Å². The lowest BCUT2D eigenvalue weighted by molar-refractivity contribution is 0.661. The first kappa shape index (κ1) is 32.8. The predicted octanol–water partition coefficient (Wildman–Crippen LogP) is 14.3. The molecule has 0 fully saturated rings. The molecule has 0 spiro atoms. The van der Waals surface area contributed by atoms with Gasteiger partial charge in [0.15, 0.2) is 0 Å². The van der Waals surface area contributed by atoms with Crippen LogP contribution in [-0.4, -0.2) is 14.5 Å². The van der Waals surface area contributed by atoms with Gasteiger partial charge < -0.3 is 4.57 Å². The van der Waals surface area contributed by atoms with E-state index in [1.165, 1.54) is 82.8 Å². The second kappa shape index (κ2) is 12.3. The molecule has 58 heavy (non-hydrogen) atoms. The maximum absolute atomic E-state index is 5.31. The fourth-order valence-electron chi connectivity index (χ4n) is 9.70. The average molecular weight is 740 g/mol. The first-order chi connectivity index (χ1) is 28.5. The van der Waals surface area contributed by atoms with E-state index in [2.05, 4.69) is 200 Å². The quantitative estimate of drug-likeness (QED) is 0.168. The van der Waals surface area contributed by atoms with E-state index >= 15 is 0 Å². The Kier molecular flexibility index (Phi) is 6.98. The summed E-state index contributed by atoms with van der Waals surface area (Å²) in [5.41, 5.74) is 17.4. The topological polar surface area (TPSA) is 30.7 Å². The van der Waals surface area contributed by atoms with Crippen molar-refractivity contribution in [2.45, 2.75) is 19.3 Å². The summed E-state index contributed by atoms with van der Waals surface area (Å²) in [4.78, 5) is 10.4. The SMILES string of the molecule is CC1(C)c2cc(-c3ccc(-c4ccc5c6ccccc6n(-c6ccccc6)c5c4)cc3)ccc2-c2ccc(-c3cnc4c5ccccc5c5ccccc5c4n3)cc21. The van der Waals surface area contributed by atoms with Crippen LogP contribution in [0.5, 0.6) is 0 Å². The van der Waals surface area contributed by atoms with E-state index < -0.39 is 0 Å². The lowest BCUT2D eigenvalue weighted by Crippen LogP contribution is -2.15. The Labute approximate surface area is 336 Å². The molecular formula is C55H37N3. The van der Waals surface area contributed by atoms with Crippen LogP contribution in [0.15, 0.2) is 188 Å². The van der Waals surface area contributed by atoms with Gasteiger partial charge in [0.25, 0.3) is 0 Å². The smallest absolute Gasteiger partial charge is 0.0979 e. The van der Waals surface area contributed by atoms with Crippen LogP contribution >= 0.6 is 0 Å². The van der Waals surface area contributed by atoms with Crippen molar-refractivity contribution in [3.63, 3.8) is 0 Å². The third kappa shape index (κ3) is 4.80. The second-order valence-corrected chi connectivity index (χ2v) is 16.2. The highest BCUT2D eigenvalue weighted by Gasteiger charge is 2.36. The van der Waals surface area contributed by atoms with Crippen LogP contribution < -0.4 is 0 Å².